The molecule has 1 N–H and O–H groups in total. The standard InChI is InChI=1S/C16H23N3O/c1-2-16(13-20)19-9-7-18(8-10-19)12-15-5-3-14(11-17)4-6-15/h3-6,16,20H,2,7-10,12-13H2,1H3. The lowest BCUT2D eigenvalue weighted by atomic mass is 10.1. The molecule has 2 rings (SSSR count). The monoisotopic (exact) mass is 273 g/mol. The van der Waals surface area contributed by atoms with Crippen LogP contribution in [-0.2, 0) is 6.54 Å². The Morgan fingerprint density at radius 1 is 1.20 bits per heavy atom. The summed E-state index contributed by atoms with van der Waals surface area (Å²) in [4.78, 5) is 4.82. The van der Waals surface area contributed by atoms with Gasteiger partial charge in [0.2, 0.25) is 0 Å². The molecule has 0 saturated carbocycles. The van der Waals surface area contributed by atoms with Gasteiger partial charge >= 0.3 is 0 Å². The van der Waals surface area contributed by atoms with E-state index >= 15 is 0 Å². The summed E-state index contributed by atoms with van der Waals surface area (Å²) in [5.41, 5.74) is 1.97. The lowest BCUT2D eigenvalue weighted by Crippen LogP contribution is -2.50. The molecule has 20 heavy (non-hydrogen) atoms. The van der Waals surface area contributed by atoms with Crippen LogP contribution < -0.4 is 0 Å². The zero-order valence-corrected chi connectivity index (χ0v) is 12.1. The van der Waals surface area contributed by atoms with E-state index in [4.69, 9.17) is 5.26 Å². The number of rotatable bonds is 5. The van der Waals surface area contributed by atoms with Crippen LogP contribution in [0.4, 0.5) is 0 Å². The Balaban J connectivity index is 1.83. The van der Waals surface area contributed by atoms with Gasteiger partial charge in [-0.05, 0) is 24.1 Å². The maximum absolute atomic E-state index is 9.35. The Labute approximate surface area is 121 Å². The molecule has 0 bridgehead atoms. The molecular formula is C16H23N3O. The van der Waals surface area contributed by atoms with Gasteiger partial charge < -0.3 is 5.11 Å². The van der Waals surface area contributed by atoms with Crippen molar-refractivity contribution in [1.82, 2.24) is 9.80 Å². The first kappa shape index (κ1) is 15.0. The summed E-state index contributed by atoms with van der Waals surface area (Å²) in [7, 11) is 0. The van der Waals surface area contributed by atoms with Crippen LogP contribution >= 0.6 is 0 Å². The molecule has 0 aliphatic carbocycles. The molecule has 0 spiro atoms. The van der Waals surface area contributed by atoms with Crippen LogP contribution in [0, 0.1) is 11.3 Å². The van der Waals surface area contributed by atoms with Crippen molar-refractivity contribution in [3.05, 3.63) is 35.4 Å². The summed E-state index contributed by atoms with van der Waals surface area (Å²) in [6, 6.07) is 10.3. The topological polar surface area (TPSA) is 50.5 Å². The quantitative estimate of drug-likeness (QED) is 0.882. The smallest absolute Gasteiger partial charge is 0.0991 e. The van der Waals surface area contributed by atoms with Crippen LogP contribution in [0.1, 0.15) is 24.5 Å². The summed E-state index contributed by atoms with van der Waals surface area (Å²) in [5.74, 6) is 0. The highest BCUT2D eigenvalue weighted by molar-refractivity contribution is 5.31. The van der Waals surface area contributed by atoms with Crippen molar-refractivity contribution < 1.29 is 5.11 Å². The van der Waals surface area contributed by atoms with Gasteiger partial charge in [-0.25, -0.2) is 0 Å². The molecule has 4 nitrogen and oxygen atoms in total. The van der Waals surface area contributed by atoms with Crippen LogP contribution in [0.25, 0.3) is 0 Å². The van der Waals surface area contributed by atoms with Crippen LogP contribution in [0.15, 0.2) is 24.3 Å². The summed E-state index contributed by atoms with van der Waals surface area (Å²) >= 11 is 0. The maximum Gasteiger partial charge on any atom is 0.0991 e. The molecule has 1 saturated heterocycles. The van der Waals surface area contributed by atoms with Gasteiger partial charge in [-0.15, -0.1) is 0 Å². The van der Waals surface area contributed by atoms with E-state index in [0.717, 1.165) is 39.1 Å². The van der Waals surface area contributed by atoms with Crippen LogP contribution in [-0.4, -0.2) is 53.7 Å². The third kappa shape index (κ3) is 3.80. The first-order chi connectivity index (χ1) is 9.76. The fourth-order valence-electron chi connectivity index (χ4n) is 2.73. The van der Waals surface area contributed by atoms with E-state index in [1.807, 2.05) is 24.3 Å². The Morgan fingerprint density at radius 2 is 1.85 bits per heavy atom. The second-order valence-corrected chi connectivity index (χ2v) is 5.37. The van der Waals surface area contributed by atoms with Crippen molar-refractivity contribution in [3.8, 4) is 6.07 Å². The predicted octanol–water partition coefficient (Wildman–Crippen LogP) is 1.45. The van der Waals surface area contributed by atoms with Gasteiger partial charge in [-0.1, -0.05) is 19.1 Å². The number of nitriles is 1. The third-order valence-electron chi connectivity index (χ3n) is 4.09. The number of hydrogen-bond acceptors (Lipinski definition) is 4. The minimum Gasteiger partial charge on any atom is -0.395 e. The van der Waals surface area contributed by atoms with Gasteiger partial charge in [0.1, 0.15) is 0 Å². The normalized spacial score (nSPS) is 18.6. The fraction of sp³-hybridized carbons (Fsp3) is 0.562. The molecule has 1 aromatic carbocycles. The first-order valence-corrected chi connectivity index (χ1v) is 7.33. The zero-order chi connectivity index (χ0) is 14.4. The van der Waals surface area contributed by atoms with Gasteiger partial charge in [0.25, 0.3) is 0 Å². The van der Waals surface area contributed by atoms with E-state index < -0.39 is 0 Å². The number of nitrogens with zero attached hydrogens (tertiary/aromatic N) is 3. The molecule has 1 aromatic rings. The van der Waals surface area contributed by atoms with Crippen molar-refractivity contribution >= 4 is 0 Å². The third-order valence-corrected chi connectivity index (χ3v) is 4.09. The summed E-state index contributed by atoms with van der Waals surface area (Å²) < 4.78 is 0. The van der Waals surface area contributed by atoms with Crippen molar-refractivity contribution in [2.75, 3.05) is 32.8 Å². The lowest BCUT2D eigenvalue weighted by molar-refractivity contribution is 0.0608. The highest BCUT2D eigenvalue weighted by Crippen LogP contribution is 2.12. The Bertz CT molecular complexity index is 440. The molecule has 4 heteroatoms. The largest absolute Gasteiger partial charge is 0.395 e. The SMILES string of the molecule is CCC(CO)N1CCN(Cc2ccc(C#N)cc2)CC1. The van der Waals surface area contributed by atoms with Gasteiger partial charge in [0.15, 0.2) is 0 Å². The van der Waals surface area contributed by atoms with Crippen LogP contribution in [0.3, 0.4) is 0 Å². The first-order valence-electron chi connectivity index (χ1n) is 7.33. The molecule has 1 aliphatic rings. The van der Waals surface area contributed by atoms with Crippen LogP contribution in [0.5, 0.6) is 0 Å². The minimum atomic E-state index is 0.256. The van der Waals surface area contributed by atoms with Crippen molar-refractivity contribution in [2.45, 2.75) is 25.9 Å². The van der Waals surface area contributed by atoms with E-state index in [0.29, 0.717) is 11.6 Å². The molecule has 108 valence electrons. The van der Waals surface area contributed by atoms with Crippen molar-refractivity contribution in [1.29, 1.82) is 5.26 Å². The number of aliphatic hydroxyl groups is 1. The molecule has 1 fully saturated rings. The highest BCUT2D eigenvalue weighted by atomic mass is 16.3. The predicted molar refractivity (Wildman–Crippen MR) is 79.2 cm³/mol. The van der Waals surface area contributed by atoms with E-state index in [-0.39, 0.29) is 6.61 Å². The molecule has 0 amide bonds. The molecule has 1 aliphatic heterocycles. The summed E-state index contributed by atoms with van der Waals surface area (Å²) in [5, 5.41) is 18.1. The lowest BCUT2D eigenvalue weighted by Gasteiger charge is -2.38. The van der Waals surface area contributed by atoms with Crippen molar-refractivity contribution in [2.24, 2.45) is 0 Å². The van der Waals surface area contributed by atoms with E-state index in [1.165, 1.54) is 5.56 Å². The average molecular weight is 273 g/mol. The second kappa shape index (κ2) is 7.39. The number of piperazine rings is 1. The number of benzene rings is 1. The van der Waals surface area contributed by atoms with Gasteiger partial charge in [-0.3, -0.25) is 9.80 Å². The summed E-state index contributed by atoms with van der Waals surface area (Å²) in [6.45, 7) is 7.45. The molecule has 0 radical (unpaired) electrons. The number of aliphatic hydroxyl groups excluding tert-OH is 1. The Morgan fingerprint density at radius 3 is 2.35 bits per heavy atom. The highest BCUT2D eigenvalue weighted by Gasteiger charge is 2.22. The van der Waals surface area contributed by atoms with E-state index in [9.17, 15) is 5.11 Å². The molecule has 1 unspecified atom stereocenters. The fourth-order valence-corrected chi connectivity index (χ4v) is 2.73. The van der Waals surface area contributed by atoms with Crippen LogP contribution in [0.2, 0.25) is 0 Å². The summed E-state index contributed by atoms with van der Waals surface area (Å²) in [6.07, 6.45) is 1.01. The minimum absolute atomic E-state index is 0.256. The maximum atomic E-state index is 9.35. The second-order valence-electron chi connectivity index (χ2n) is 5.37. The van der Waals surface area contributed by atoms with Crippen molar-refractivity contribution in [3.63, 3.8) is 0 Å². The molecular weight excluding hydrogens is 250 g/mol. The van der Waals surface area contributed by atoms with E-state index in [1.54, 1.807) is 0 Å². The Hall–Kier alpha value is -1.41. The van der Waals surface area contributed by atoms with Gasteiger partial charge in [-0.2, -0.15) is 5.26 Å². The zero-order valence-electron chi connectivity index (χ0n) is 12.1. The Kier molecular flexibility index (Phi) is 5.54. The number of hydrogen-bond donors (Lipinski definition) is 1. The van der Waals surface area contributed by atoms with Gasteiger partial charge in [0, 0.05) is 38.8 Å². The van der Waals surface area contributed by atoms with Gasteiger partial charge in [0.05, 0.1) is 18.2 Å². The molecule has 1 heterocycles. The van der Waals surface area contributed by atoms with E-state index in [2.05, 4.69) is 22.8 Å². The molecule has 1 atom stereocenters. The molecule has 0 aromatic heterocycles. The average Bonchev–Trinajstić information content (AvgIpc) is 2.51.